The molecule has 0 N–H and O–H groups in total. The predicted octanol–water partition coefficient (Wildman–Crippen LogP) is 3.86. The third-order valence-corrected chi connectivity index (χ3v) is 3.13. The van der Waals surface area contributed by atoms with Crippen LogP contribution in [0.25, 0.3) is 0 Å². The lowest BCUT2D eigenvalue weighted by atomic mass is 10.1. The van der Waals surface area contributed by atoms with Gasteiger partial charge in [0.05, 0.1) is 0 Å². The average Bonchev–Trinajstić information content (AvgIpc) is 2.31. The van der Waals surface area contributed by atoms with Crippen molar-refractivity contribution in [3.63, 3.8) is 0 Å². The van der Waals surface area contributed by atoms with Gasteiger partial charge in [-0.1, -0.05) is 54.0 Å². The first kappa shape index (κ1) is 13.7. The van der Waals surface area contributed by atoms with E-state index in [4.69, 9.17) is 0 Å². The first-order valence-corrected chi connectivity index (χ1v) is 7.28. The van der Waals surface area contributed by atoms with Crippen LogP contribution < -0.4 is 0 Å². The third-order valence-electron chi connectivity index (χ3n) is 2.78. The normalized spacial score (nSPS) is 11.0. The van der Waals surface area contributed by atoms with Crippen LogP contribution in [0, 0.1) is 0 Å². The van der Waals surface area contributed by atoms with E-state index in [-0.39, 0.29) is 0 Å². The number of hydrogen-bond acceptors (Lipinski definition) is 1. The number of rotatable bonds is 7. The quantitative estimate of drug-likeness (QED) is 0.687. The largest absolute Gasteiger partial charge is 0.298 e. The standard InChI is InChI=1S/C14H22BrN/c1-3-10-16(11-9-15)12-14-7-5-13(4-2)6-8-14/h5-8H,3-4,9-12H2,1-2H3. The number of aryl methyl sites for hydroxylation is 1. The van der Waals surface area contributed by atoms with E-state index in [0.717, 1.165) is 24.8 Å². The minimum atomic E-state index is 1.06. The van der Waals surface area contributed by atoms with Crippen molar-refractivity contribution in [2.75, 3.05) is 18.4 Å². The average molecular weight is 284 g/mol. The molecule has 1 aromatic rings. The molecule has 0 amide bonds. The summed E-state index contributed by atoms with van der Waals surface area (Å²) in [4.78, 5) is 2.50. The summed E-state index contributed by atoms with van der Waals surface area (Å²) in [5.74, 6) is 0. The van der Waals surface area contributed by atoms with Gasteiger partial charge >= 0.3 is 0 Å². The Morgan fingerprint density at radius 3 is 2.12 bits per heavy atom. The van der Waals surface area contributed by atoms with Gasteiger partial charge in [0, 0.05) is 18.4 Å². The van der Waals surface area contributed by atoms with Crippen molar-refractivity contribution < 1.29 is 0 Å². The SMILES string of the molecule is CCCN(CCBr)Cc1ccc(CC)cc1. The van der Waals surface area contributed by atoms with E-state index in [1.807, 2.05) is 0 Å². The smallest absolute Gasteiger partial charge is 0.0234 e. The van der Waals surface area contributed by atoms with Crippen LogP contribution in [0.2, 0.25) is 0 Å². The van der Waals surface area contributed by atoms with Crippen LogP contribution in [-0.2, 0) is 13.0 Å². The van der Waals surface area contributed by atoms with Crippen LogP contribution in [0.5, 0.6) is 0 Å². The van der Waals surface area contributed by atoms with Crippen molar-refractivity contribution in [1.29, 1.82) is 0 Å². The zero-order valence-corrected chi connectivity index (χ0v) is 12.0. The highest BCUT2D eigenvalue weighted by Gasteiger charge is 2.03. The molecule has 0 unspecified atom stereocenters. The number of hydrogen-bond donors (Lipinski definition) is 0. The summed E-state index contributed by atoms with van der Waals surface area (Å²) in [6.45, 7) is 7.82. The Morgan fingerprint density at radius 2 is 1.62 bits per heavy atom. The lowest BCUT2D eigenvalue weighted by molar-refractivity contribution is 0.284. The van der Waals surface area contributed by atoms with Crippen LogP contribution in [0.15, 0.2) is 24.3 Å². The summed E-state index contributed by atoms with van der Waals surface area (Å²) >= 11 is 3.51. The first-order chi connectivity index (χ1) is 7.80. The van der Waals surface area contributed by atoms with Gasteiger partial charge < -0.3 is 0 Å². The maximum Gasteiger partial charge on any atom is 0.0234 e. The van der Waals surface area contributed by atoms with E-state index >= 15 is 0 Å². The number of alkyl halides is 1. The zero-order chi connectivity index (χ0) is 11.8. The molecule has 0 saturated heterocycles. The number of benzene rings is 1. The molecular weight excluding hydrogens is 262 g/mol. The van der Waals surface area contributed by atoms with E-state index in [1.54, 1.807) is 0 Å². The Kier molecular flexibility index (Phi) is 6.74. The maximum atomic E-state index is 3.51. The Balaban J connectivity index is 2.54. The molecule has 0 radical (unpaired) electrons. The highest BCUT2D eigenvalue weighted by atomic mass is 79.9. The predicted molar refractivity (Wildman–Crippen MR) is 75.2 cm³/mol. The Hall–Kier alpha value is -0.340. The summed E-state index contributed by atoms with van der Waals surface area (Å²) in [7, 11) is 0. The van der Waals surface area contributed by atoms with Crippen LogP contribution >= 0.6 is 15.9 Å². The van der Waals surface area contributed by atoms with Crippen LogP contribution in [0.3, 0.4) is 0 Å². The van der Waals surface area contributed by atoms with Crippen molar-refractivity contribution in [3.05, 3.63) is 35.4 Å². The Morgan fingerprint density at radius 1 is 1.00 bits per heavy atom. The maximum absolute atomic E-state index is 3.51. The Bertz CT molecular complexity index is 275. The fourth-order valence-electron chi connectivity index (χ4n) is 1.84. The second kappa shape index (κ2) is 7.86. The van der Waals surface area contributed by atoms with Gasteiger partial charge in [-0.25, -0.2) is 0 Å². The van der Waals surface area contributed by atoms with Crippen molar-refractivity contribution >= 4 is 15.9 Å². The van der Waals surface area contributed by atoms with Gasteiger partial charge in [-0.2, -0.15) is 0 Å². The van der Waals surface area contributed by atoms with Crippen LogP contribution in [-0.4, -0.2) is 23.3 Å². The number of nitrogens with zero attached hydrogens (tertiary/aromatic N) is 1. The fourth-order valence-corrected chi connectivity index (χ4v) is 2.35. The van der Waals surface area contributed by atoms with Gasteiger partial charge in [0.25, 0.3) is 0 Å². The van der Waals surface area contributed by atoms with E-state index < -0.39 is 0 Å². The minimum Gasteiger partial charge on any atom is -0.298 e. The molecule has 90 valence electrons. The molecule has 0 aliphatic carbocycles. The van der Waals surface area contributed by atoms with E-state index in [9.17, 15) is 0 Å². The molecule has 0 aliphatic rings. The Labute approximate surface area is 108 Å². The molecule has 1 rings (SSSR count). The van der Waals surface area contributed by atoms with E-state index in [2.05, 4.69) is 58.9 Å². The molecule has 2 heteroatoms. The molecule has 0 fully saturated rings. The number of halogens is 1. The van der Waals surface area contributed by atoms with Crippen LogP contribution in [0.1, 0.15) is 31.4 Å². The summed E-state index contributed by atoms with van der Waals surface area (Å²) < 4.78 is 0. The molecule has 0 atom stereocenters. The summed E-state index contributed by atoms with van der Waals surface area (Å²) in [6, 6.07) is 9.01. The molecule has 0 aliphatic heterocycles. The molecule has 1 aromatic carbocycles. The molecule has 0 heterocycles. The minimum absolute atomic E-state index is 1.06. The third kappa shape index (κ3) is 4.67. The highest BCUT2D eigenvalue weighted by Crippen LogP contribution is 2.08. The van der Waals surface area contributed by atoms with Gasteiger partial charge in [-0.3, -0.25) is 4.90 Å². The molecule has 0 aromatic heterocycles. The molecule has 0 saturated carbocycles. The second-order valence-corrected chi connectivity index (χ2v) is 4.93. The summed E-state index contributed by atoms with van der Waals surface area (Å²) in [6.07, 6.45) is 2.35. The van der Waals surface area contributed by atoms with Crippen molar-refractivity contribution in [2.45, 2.75) is 33.2 Å². The molecular formula is C14H22BrN. The summed E-state index contributed by atoms with van der Waals surface area (Å²) in [5, 5.41) is 1.06. The topological polar surface area (TPSA) is 3.24 Å². The monoisotopic (exact) mass is 283 g/mol. The van der Waals surface area contributed by atoms with Gasteiger partial charge in [-0.05, 0) is 30.5 Å². The van der Waals surface area contributed by atoms with Gasteiger partial charge in [0.1, 0.15) is 0 Å². The van der Waals surface area contributed by atoms with Crippen molar-refractivity contribution in [3.8, 4) is 0 Å². The van der Waals surface area contributed by atoms with Crippen LogP contribution in [0.4, 0.5) is 0 Å². The highest BCUT2D eigenvalue weighted by molar-refractivity contribution is 9.09. The molecule has 16 heavy (non-hydrogen) atoms. The van der Waals surface area contributed by atoms with Gasteiger partial charge in [0.2, 0.25) is 0 Å². The van der Waals surface area contributed by atoms with E-state index in [1.165, 1.54) is 24.1 Å². The summed E-state index contributed by atoms with van der Waals surface area (Å²) in [5.41, 5.74) is 2.85. The fraction of sp³-hybridized carbons (Fsp3) is 0.571. The van der Waals surface area contributed by atoms with Crippen molar-refractivity contribution in [1.82, 2.24) is 4.90 Å². The van der Waals surface area contributed by atoms with Gasteiger partial charge in [0.15, 0.2) is 0 Å². The molecule has 0 bridgehead atoms. The molecule has 0 spiro atoms. The van der Waals surface area contributed by atoms with E-state index in [0.29, 0.717) is 0 Å². The lowest BCUT2D eigenvalue weighted by Crippen LogP contribution is -2.26. The van der Waals surface area contributed by atoms with Crippen molar-refractivity contribution in [2.24, 2.45) is 0 Å². The second-order valence-electron chi connectivity index (χ2n) is 4.14. The lowest BCUT2D eigenvalue weighted by Gasteiger charge is -2.20. The molecule has 1 nitrogen and oxygen atoms in total. The van der Waals surface area contributed by atoms with Gasteiger partial charge in [-0.15, -0.1) is 0 Å². The first-order valence-electron chi connectivity index (χ1n) is 6.16. The zero-order valence-electron chi connectivity index (χ0n) is 10.4.